The van der Waals surface area contributed by atoms with Crippen molar-refractivity contribution in [2.75, 3.05) is 45.2 Å². The highest BCUT2D eigenvalue weighted by Gasteiger charge is 2.29. The number of nitrogens with zero attached hydrogens (tertiary/aromatic N) is 5. The van der Waals surface area contributed by atoms with Crippen LogP contribution in [0.4, 0.5) is 10.6 Å². The summed E-state index contributed by atoms with van der Waals surface area (Å²) in [7, 11) is 3.37. The Morgan fingerprint density at radius 1 is 1.13 bits per heavy atom. The fourth-order valence-electron chi connectivity index (χ4n) is 2.17. The molecule has 1 aliphatic rings. The molecule has 23 heavy (non-hydrogen) atoms. The van der Waals surface area contributed by atoms with Gasteiger partial charge in [-0.25, -0.2) is 4.79 Å². The highest BCUT2D eigenvalue weighted by Crippen LogP contribution is 2.21. The van der Waals surface area contributed by atoms with E-state index in [4.69, 9.17) is 4.74 Å². The van der Waals surface area contributed by atoms with Gasteiger partial charge in [0.15, 0.2) is 11.5 Å². The van der Waals surface area contributed by atoms with Crippen molar-refractivity contribution in [2.24, 2.45) is 0 Å². The quantitative estimate of drug-likeness (QED) is 0.807. The molecule has 0 saturated carbocycles. The van der Waals surface area contributed by atoms with E-state index >= 15 is 0 Å². The zero-order valence-electron chi connectivity index (χ0n) is 14.2. The highest BCUT2D eigenvalue weighted by molar-refractivity contribution is 6.99. The maximum Gasteiger partial charge on any atom is 0.410 e. The molecule has 1 aromatic rings. The van der Waals surface area contributed by atoms with Gasteiger partial charge in [-0.15, -0.1) is 0 Å². The van der Waals surface area contributed by atoms with Crippen LogP contribution in [-0.4, -0.2) is 76.4 Å². The molecule has 0 radical (unpaired) electrons. The van der Waals surface area contributed by atoms with E-state index in [-0.39, 0.29) is 12.0 Å². The van der Waals surface area contributed by atoms with Gasteiger partial charge in [-0.05, 0) is 20.8 Å². The molecular weight excluding hydrogens is 318 g/mol. The molecule has 1 aromatic heterocycles. The SMILES string of the molecule is CN(C)C(=O)c1nsnc1N1CCN(C(=O)OC(C)(C)C)CC1. The van der Waals surface area contributed by atoms with Crippen molar-refractivity contribution < 1.29 is 14.3 Å². The first-order valence-corrected chi connectivity index (χ1v) is 8.19. The maximum atomic E-state index is 12.1. The lowest BCUT2D eigenvalue weighted by atomic mass is 10.2. The van der Waals surface area contributed by atoms with Gasteiger partial charge >= 0.3 is 6.09 Å². The lowest BCUT2D eigenvalue weighted by Gasteiger charge is -2.35. The van der Waals surface area contributed by atoms with Crippen molar-refractivity contribution in [3.63, 3.8) is 0 Å². The zero-order chi connectivity index (χ0) is 17.2. The van der Waals surface area contributed by atoms with E-state index in [1.54, 1.807) is 19.0 Å². The molecule has 2 heterocycles. The maximum absolute atomic E-state index is 12.1. The number of ether oxygens (including phenoxy) is 1. The minimum Gasteiger partial charge on any atom is -0.444 e. The van der Waals surface area contributed by atoms with Crippen LogP contribution in [0, 0.1) is 0 Å². The molecule has 1 fully saturated rings. The second-order valence-corrected chi connectivity index (χ2v) is 7.12. The topological polar surface area (TPSA) is 78.9 Å². The average Bonchev–Trinajstić information content (AvgIpc) is 2.94. The van der Waals surface area contributed by atoms with Gasteiger partial charge in [0.05, 0.1) is 11.7 Å². The number of carbonyl (C=O) groups excluding carboxylic acids is 2. The summed E-state index contributed by atoms with van der Waals surface area (Å²) in [5.74, 6) is 0.431. The van der Waals surface area contributed by atoms with Gasteiger partial charge in [-0.2, -0.15) is 8.75 Å². The Kier molecular flexibility index (Phi) is 5.08. The predicted molar refractivity (Wildman–Crippen MR) is 87.9 cm³/mol. The molecule has 8 nitrogen and oxygen atoms in total. The fraction of sp³-hybridized carbons (Fsp3) is 0.714. The van der Waals surface area contributed by atoms with Gasteiger partial charge in [-0.3, -0.25) is 4.79 Å². The van der Waals surface area contributed by atoms with Gasteiger partial charge in [0.2, 0.25) is 0 Å². The molecule has 0 bridgehead atoms. The van der Waals surface area contributed by atoms with E-state index < -0.39 is 5.60 Å². The fourth-order valence-corrected chi connectivity index (χ4v) is 2.73. The zero-order valence-corrected chi connectivity index (χ0v) is 15.0. The van der Waals surface area contributed by atoms with Crippen LogP contribution in [0.5, 0.6) is 0 Å². The van der Waals surface area contributed by atoms with Crippen LogP contribution in [0.25, 0.3) is 0 Å². The third-order valence-corrected chi connectivity index (χ3v) is 3.83. The lowest BCUT2D eigenvalue weighted by Crippen LogP contribution is -2.50. The van der Waals surface area contributed by atoms with Crippen molar-refractivity contribution in [3.05, 3.63) is 5.69 Å². The largest absolute Gasteiger partial charge is 0.444 e. The van der Waals surface area contributed by atoms with Crippen molar-refractivity contribution >= 4 is 29.5 Å². The van der Waals surface area contributed by atoms with Crippen LogP contribution >= 0.6 is 11.7 Å². The Hall–Kier alpha value is -1.90. The van der Waals surface area contributed by atoms with Crippen LogP contribution in [0.3, 0.4) is 0 Å². The predicted octanol–water partition coefficient (Wildman–Crippen LogP) is 1.30. The Bertz CT molecular complexity index is 573. The summed E-state index contributed by atoms with van der Waals surface area (Å²) in [5, 5.41) is 0. The van der Waals surface area contributed by atoms with Crippen LogP contribution in [-0.2, 0) is 4.74 Å². The second kappa shape index (κ2) is 6.69. The molecular formula is C14H23N5O3S. The number of hydrogen-bond acceptors (Lipinski definition) is 7. The van der Waals surface area contributed by atoms with Gasteiger partial charge < -0.3 is 19.4 Å². The molecule has 2 amide bonds. The summed E-state index contributed by atoms with van der Waals surface area (Å²) in [6, 6.07) is 0. The number of carbonyl (C=O) groups is 2. The van der Waals surface area contributed by atoms with E-state index in [0.29, 0.717) is 37.7 Å². The van der Waals surface area contributed by atoms with Crippen molar-refractivity contribution in [1.82, 2.24) is 18.5 Å². The normalized spacial score (nSPS) is 15.5. The summed E-state index contributed by atoms with van der Waals surface area (Å²) in [6.45, 7) is 7.80. The third-order valence-electron chi connectivity index (χ3n) is 3.31. The Morgan fingerprint density at radius 2 is 1.74 bits per heavy atom. The van der Waals surface area contributed by atoms with Gasteiger partial charge in [0.1, 0.15) is 5.60 Å². The van der Waals surface area contributed by atoms with Gasteiger partial charge in [0.25, 0.3) is 5.91 Å². The highest BCUT2D eigenvalue weighted by atomic mass is 32.1. The molecule has 0 aromatic carbocycles. The molecule has 1 aliphatic heterocycles. The van der Waals surface area contributed by atoms with E-state index in [9.17, 15) is 9.59 Å². The molecule has 0 aliphatic carbocycles. The van der Waals surface area contributed by atoms with E-state index in [1.807, 2.05) is 25.7 Å². The average molecular weight is 341 g/mol. The standard InChI is InChI=1S/C14H23N5O3S/c1-14(2,3)22-13(21)19-8-6-18(7-9-19)11-10(15-23-16-11)12(20)17(4)5/h6-9H2,1-5H3. The molecule has 0 spiro atoms. The second-order valence-electron chi connectivity index (χ2n) is 6.59. The molecule has 0 N–H and O–H groups in total. The number of anilines is 1. The van der Waals surface area contributed by atoms with Crippen LogP contribution in [0.1, 0.15) is 31.3 Å². The summed E-state index contributed by atoms with van der Waals surface area (Å²) >= 11 is 1.03. The number of amides is 2. The van der Waals surface area contributed by atoms with E-state index in [1.165, 1.54) is 4.90 Å². The minimum atomic E-state index is -0.502. The number of piperazine rings is 1. The van der Waals surface area contributed by atoms with Crippen molar-refractivity contribution in [1.29, 1.82) is 0 Å². The van der Waals surface area contributed by atoms with Gasteiger partial charge in [0, 0.05) is 40.3 Å². The first kappa shape index (κ1) is 17.5. The molecule has 1 saturated heterocycles. The summed E-state index contributed by atoms with van der Waals surface area (Å²) in [4.78, 5) is 29.3. The van der Waals surface area contributed by atoms with Crippen LogP contribution < -0.4 is 4.90 Å². The van der Waals surface area contributed by atoms with E-state index in [2.05, 4.69) is 8.75 Å². The molecule has 0 unspecified atom stereocenters. The first-order valence-electron chi connectivity index (χ1n) is 7.46. The van der Waals surface area contributed by atoms with Crippen molar-refractivity contribution in [2.45, 2.75) is 26.4 Å². The first-order chi connectivity index (χ1) is 10.7. The van der Waals surface area contributed by atoms with Gasteiger partial charge in [-0.1, -0.05) is 0 Å². The van der Waals surface area contributed by atoms with Crippen LogP contribution in [0.15, 0.2) is 0 Å². The Labute approximate surface area is 140 Å². The van der Waals surface area contributed by atoms with E-state index in [0.717, 1.165) is 11.7 Å². The molecule has 2 rings (SSSR count). The molecule has 0 atom stereocenters. The summed E-state index contributed by atoms with van der Waals surface area (Å²) in [6.07, 6.45) is -0.307. The summed E-state index contributed by atoms with van der Waals surface area (Å²) in [5.41, 5.74) is -0.135. The summed E-state index contributed by atoms with van der Waals surface area (Å²) < 4.78 is 13.7. The monoisotopic (exact) mass is 341 g/mol. The Balaban J connectivity index is 1.99. The molecule has 128 valence electrons. The number of hydrogen-bond donors (Lipinski definition) is 0. The number of rotatable bonds is 2. The lowest BCUT2D eigenvalue weighted by molar-refractivity contribution is 0.0240. The van der Waals surface area contributed by atoms with Crippen LogP contribution in [0.2, 0.25) is 0 Å². The van der Waals surface area contributed by atoms with Crippen molar-refractivity contribution in [3.8, 4) is 0 Å². The Morgan fingerprint density at radius 3 is 2.26 bits per heavy atom. The molecule has 9 heteroatoms. The minimum absolute atomic E-state index is 0.164. The smallest absolute Gasteiger partial charge is 0.410 e. The third kappa shape index (κ3) is 4.31. The number of aromatic nitrogens is 2.